The van der Waals surface area contributed by atoms with Crippen LogP contribution in [0.2, 0.25) is 0 Å². The van der Waals surface area contributed by atoms with Gasteiger partial charge in [0, 0.05) is 5.92 Å². The maximum Gasteiger partial charge on any atom is 0.339 e. The van der Waals surface area contributed by atoms with Crippen LogP contribution in [0.15, 0.2) is 18.2 Å². The third kappa shape index (κ3) is 2.67. The molecule has 3 atom stereocenters. The lowest BCUT2D eigenvalue weighted by atomic mass is 9.88. The van der Waals surface area contributed by atoms with Gasteiger partial charge in [-0.3, -0.25) is 4.79 Å². The van der Waals surface area contributed by atoms with Crippen molar-refractivity contribution in [1.29, 1.82) is 0 Å². The van der Waals surface area contributed by atoms with Gasteiger partial charge in [-0.2, -0.15) is 0 Å². The van der Waals surface area contributed by atoms with Gasteiger partial charge in [0.2, 0.25) is 5.91 Å². The monoisotopic (exact) mass is 287 g/mol. The summed E-state index contributed by atoms with van der Waals surface area (Å²) in [6, 6.07) is 5.43. The average Bonchev–Trinajstić information content (AvgIpc) is 3.11. The van der Waals surface area contributed by atoms with Crippen LogP contribution in [0, 0.1) is 24.7 Å². The van der Waals surface area contributed by atoms with Crippen LogP contribution in [0.5, 0.6) is 0 Å². The predicted octanol–water partition coefficient (Wildman–Crippen LogP) is 3.16. The second-order valence-electron chi connectivity index (χ2n) is 6.31. The highest BCUT2D eigenvalue weighted by atomic mass is 16.5. The number of benzene rings is 1. The summed E-state index contributed by atoms with van der Waals surface area (Å²) in [5.74, 6) is 1.000. The minimum absolute atomic E-state index is 0.0520. The van der Waals surface area contributed by atoms with E-state index >= 15 is 0 Å². The molecule has 0 spiro atoms. The second-order valence-corrected chi connectivity index (χ2v) is 6.31. The fourth-order valence-corrected chi connectivity index (χ4v) is 3.84. The number of nitrogens with one attached hydrogen (secondary N) is 1. The molecule has 2 aliphatic carbocycles. The number of anilines is 1. The Labute approximate surface area is 124 Å². The molecule has 1 aromatic carbocycles. The van der Waals surface area contributed by atoms with E-state index in [0.717, 1.165) is 17.9 Å². The molecule has 4 nitrogen and oxygen atoms in total. The first-order chi connectivity index (χ1) is 10.1. The first-order valence-electron chi connectivity index (χ1n) is 7.58. The number of rotatable bonds is 3. The second kappa shape index (κ2) is 5.51. The van der Waals surface area contributed by atoms with E-state index in [-0.39, 0.29) is 11.8 Å². The van der Waals surface area contributed by atoms with Gasteiger partial charge in [0.1, 0.15) is 0 Å². The highest BCUT2D eigenvalue weighted by Crippen LogP contribution is 2.48. The van der Waals surface area contributed by atoms with Crippen molar-refractivity contribution < 1.29 is 14.3 Å². The normalized spacial score (nSPS) is 26.7. The lowest BCUT2D eigenvalue weighted by Gasteiger charge is -2.21. The standard InChI is InChI=1S/C17H21NO3/c1-10-3-6-15(14(7-10)17(20)21-2)18-16(19)13-9-11-4-5-12(13)8-11/h3,6-7,11-13H,4-5,8-9H2,1-2H3,(H,18,19). The molecule has 2 aliphatic rings. The van der Waals surface area contributed by atoms with Gasteiger partial charge in [0.25, 0.3) is 0 Å². The SMILES string of the molecule is COC(=O)c1cc(C)ccc1NC(=O)C1CC2CCC1C2. The van der Waals surface area contributed by atoms with Gasteiger partial charge >= 0.3 is 5.97 Å². The molecule has 0 aliphatic heterocycles. The van der Waals surface area contributed by atoms with Crippen LogP contribution < -0.4 is 5.32 Å². The van der Waals surface area contributed by atoms with E-state index in [1.54, 1.807) is 12.1 Å². The van der Waals surface area contributed by atoms with Gasteiger partial charge in [-0.1, -0.05) is 18.1 Å². The maximum absolute atomic E-state index is 12.5. The number of aryl methyl sites for hydroxylation is 1. The van der Waals surface area contributed by atoms with Crippen molar-refractivity contribution in [2.24, 2.45) is 17.8 Å². The number of methoxy groups -OCH3 is 1. The van der Waals surface area contributed by atoms with E-state index in [1.807, 2.05) is 13.0 Å². The molecule has 112 valence electrons. The molecular formula is C17H21NO3. The highest BCUT2D eigenvalue weighted by molar-refractivity contribution is 6.02. The molecule has 0 aromatic heterocycles. The number of amides is 1. The van der Waals surface area contributed by atoms with Crippen molar-refractivity contribution in [3.8, 4) is 0 Å². The quantitative estimate of drug-likeness (QED) is 0.869. The highest BCUT2D eigenvalue weighted by Gasteiger charge is 2.43. The molecule has 0 heterocycles. The van der Waals surface area contributed by atoms with E-state index in [0.29, 0.717) is 17.2 Å². The number of esters is 1. The molecule has 1 aromatic rings. The Kier molecular flexibility index (Phi) is 3.70. The average molecular weight is 287 g/mol. The Bertz CT molecular complexity index is 581. The molecule has 2 fully saturated rings. The summed E-state index contributed by atoms with van der Waals surface area (Å²) in [6.45, 7) is 1.91. The molecule has 21 heavy (non-hydrogen) atoms. The first kappa shape index (κ1) is 14.1. The van der Waals surface area contributed by atoms with Gasteiger partial charge in [-0.25, -0.2) is 4.79 Å². The number of hydrogen-bond acceptors (Lipinski definition) is 3. The zero-order valence-corrected chi connectivity index (χ0v) is 12.5. The molecule has 0 saturated heterocycles. The zero-order chi connectivity index (χ0) is 15.0. The Balaban J connectivity index is 1.78. The van der Waals surface area contributed by atoms with Crippen molar-refractivity contribution in [2.75, 3.05) is 12.4 Å². The number of ether oxygens (including phenoxy) is 1. The van der Waals surface area contributed by atoms with Crippen LogP contribution in [0.3, 0.4) is 0 Å². The lowest BCUT2D eigenvalue weighted by molar-refractivity contribution is -0.121. The number of fused-ring (bicyclic) bond motifs is 2. The maximum atomic E-state index is 12.5. The lowest BCUT2D eigenvalue weighted by Crippen LogP contribution is -2.28. The molecule has 2 saturated carbocycles. The molecule has 4 heteroatoms. The number of carbonyl (C=O) groups is 2. The third-order valence-electron chi connectivity index (χ3n) is 4.91. The molecule has 3 unspecified atom stereocenters. The van der Waals surface area contributed by atoms with Crippen molar-refractivity contribution >= 4 is 17.6 Å². The van der Waals surface area contributed by atoms with Gasteiger partial charge < -0.3 is 10.1 Å². The summed E-state index contributed by atoms with van der Waals surface area (Å²) in [4.78, 5) is 24.3. The summed E-state index contributed by atoms with van der Waals surface area (Å²) in [5.41, 5.74) is 1.95. The van der Waals surface area contributed by atoms with Crippen molar-refractivity contribution in [1.82, 2.24) is 0 Å². The van der Waals surface area contributed by atoms with E-state index in [2.05, 4.69) is 5.32 Å². The predicted molar refractivity (Wildman–Crippen MR) is 80.1 cm³/mol. The smallest absolute Gasteiger partial charge is 0.339 e. The van der Waals surface area contributed by atoms with Crippen LogP contribution in [0.1, 0.15) is 41.6 Å². The molecular weight excluding hydrogens is 266 g/mol. The summed E-state index contributed by atoms with van der Waals surface area (Å²) in [5, 5.41) is 2.94. The summed E-state index contributed by atoms with van der Waals surface area (Å²) < 4.78 is 4.80. The van der Waals surface area contributed by atoms with Crippen molar-refractivity contribution in [3.63, 3.8) is 0 Å². The summed E-state index contributed by atoms with van der Waals surface area (Å²) in [6.07, 6.45) is 4.62. The molecule has 1 N–H and O–H groups in total. The van der Waals surface area contributed by atoms with E-state index in [9.17, 15) is 9.59 Å². The summed E-state index contributed by atoms with van der Waals surface area (Å²) in [7, 11) is 1.35. The fraction of sp³-hybridized carbons (Fsp3) is 0.529. The van der Waals surface area contributed by atoms with Crippen molar-refractivity contribution in [3.05, 3.63) is 29.3 Å². The Morgan fingerprint density at radius 3 is 2.67 bits per heavy atom. The molecule has 0 radical (unpaired) electrons. The van der Waals surface area contributed by atoms with E-state index in [1.165, 1.54) is 26.4 Å². The minimum Gasteiger partial charge on any atom is -0.465 e. The number of carbonyl (C=O) groups excluding carboxylic acids is 2. The van der Waals surface area contributed by atoms with Crippen LogP contribution in [0.25, 0.3) is 0 Å². The van der Waals surface area contributed by atoms with Gasteiger partial charge in [-0.15, -0.1) is 0 Å². The third-order valence-corrected chi connectivity index (χ3v) is 4.91. The van der Waals surface area contributed by atoms with Gasteiger partial charge in [-0.05, 0) is 50.2 Å². The Morgan fingerprint density at radius 1 is 1.24 bits per heavy atom. The van der Waals surface area contributed by atoms with Crippen molar-refractivity contribution in [2.45, 2.75) is 32.6 Å². The Morgan fingerprint density at radius 2 is 2.05 bits per heavy atom. The molecule has 2 bridgehead atoms. The minimum atomic E-state index is -0.415. The molecule has 3 rings (SSSR count). The van der Waals surface area contributed by atoms with E-state index in [4.69, 9.17) is 4.74 Å². The largest absolute Gasteiger partial charge is 0.465 e. The first-order valence-corrected chi connectivity index (χ1v) is 7.58. The molecule has 1 amide bonds. The summed E-state index contributed by atoms with van der Waals surface area (Å²) >= 11 is 0. The van der Waals surface area contributed by atoms with Gasteiger partial charge in [0.05, 0.1) is 18.4 Å². The van der Waals surface area contributed by atoms with Gasteiger partial charge in [0.15, 0.2) is 0 Å². The Hall–Kier alpha value is -1.84. The van der Waals surface area contributed by atoms with Crippen LogP contribution >= 0.6 is 0 Å². The van der Waals surface area contributed by atoms with Crippen LogP contribution in [-0.2, 0) is 9.53 Å². The fourth-order valence-electron chi connectivity index (χ4n) is 3.84. The van der Waals surface area contributed by atoms with Crippen LogP contribution in [-0.4, -0.2) is 19.0 Å². The van der Waals surface area contributed by atoms with Crippen LogP contribution in [0.4, 0.5) is 5.69 Å². The zero-order valence-electron chi connectivity index (χ0n) is 12.5. The van der Waals surface area contributed by atoms with E-state index < -0.39 is 5.97 Å². The number of hydrogen-bond donors (Lipinski definition) is 1. The topological polar surface area (TPSA) is 55.4 Å².